The number of thiazole rings is 1. The molecule has 1 aromatic carbocycles. The minimum Gasteiger partial charge on any atom is -0.382 e. The van der Waals surface area contributed by atoms with Crippen LogP contribution in [0.5, 0.6) is 0 Å². The molecule has 2 aromatic rings. The highest BCUT2D eigenvalue weighted by Crippen LogP contribution is 2.11. The zero-order chi connectivity index (χ0) is 9.80. The Morgan fingerprint density at radius 2 is 2.07 bits per heavy atom. The lowest BCUT2D eigenvalue weighted by molar-refractivity contribution is -0.700. The summed E-state index contributed by atoms with van der Waals surface area (Å²) in [5, 5.41) is 11.9. The largest absolute Gasteiger partial charge is 0.382 e. The highest BCUT2D eigenvalue weighted by molar-refractivity contribution is 7.07. The maximum atomic E-state index is 9.88. The molecule has 1 heterocycles. The molecule has 3 heteroatoms. The van der Waals surface area contributed by atoms with Crippen LogP contribution in [0, 0.1) is 0 Å². The number of hydrogen-bond acceptors (Lipinski definition) is 2. The Labute approximate surface area is 87.1 Å². The summed E-state index contributed by atoms with van der Waals surface area (Å²) in [6.45, 7) is 0.619. The van der Waals surface area contributed by atoms with Crippen molar-refractivity contribution in [2.24, 2.45) is 0 Å². The molecule has 1 N–H and O–H groups in total. The van der Waals surface area contributed by atoms with Gasteiger partial charge < -0.3 is 5.11 Å². The van der Waals surface area contributed by atoms with Crippen molar-refractivity contribution >= 4 is 11.3 Å². The highest BCUT2D eigenvalue weighted by atomic mass is 32.1. The topological polar surface area (TPSA) is 24.1 Å². The van der Waals surface area contributed by atoms with Crippen molar-refractivity contribution in [3.63, 3.8) is 0 Å². The van der Waals surface area contributed by atoms with E-state index in [0.717, 1.165) is 5.56 Å². The molecule has 0 saturated carbocycles. The van der Waals surface area contributed by atoms with Crippen LogP contribution in [0.15, 0.2) is 47.4 Å². The average molecular weight is 206 g/mol. The molecule has 14 heavy (non-hydrogen) atoms. The van der Waals surface area contributed by atoms with Gasteiger partial charge in [-0.3, -0.25) is 0 Å². The second-order valence-corrected chi connectivity index (χ2v) is 3.91. The average Bonchev–Trinajstić information content (AvgIpc) is 2.72. The fourth-order valence-electron chi connectivity index (χ4n) is 1.35. The second kappa shape index (κ2) is 4.35. The first-order chi connectivity index (χ1) is 6.86. The van der Waals surface area contributed by atoms with Crippen molar-refractivity contribution in [1.29, 1.82) is 0 Å². The van der Waals surface area contributed by atoms with Crippen molar-refractivity contribution in [1.82, 2.24) is 0 Å². The SMILES string of the molecule is OC(C[n+]1ccsc1)c1ccccc1. The first-order valence-electron chi connectivity index (χ1n) is 4.50. The molecule has 2 rings (SSSR count). The third-order valence-corrected chi connectivity index (χ3v) is 2.77. The molecule has 0 fully saturated rings. The summed E-state index contributed by atoms with van der Waals surface area (Å²) >= 11 is 1.63. The van der Waals surface area contributed by atoms with E-state index < -0.39 is 6.10 Å². The molecule has 1 unspecified atom stereocenters. The van der Waals surface area contributed by atoms with E-state index in [1.54, 1.807) is 11.3 Å². The zero-order valence-corrected chi connectivity index (χ0v) is 8.52. The van der Waals surface area contributed by atoms with Crippen LogP contribution in [0.2, 0.25) is 0 Å². The molecule has 1 aromatic heterocycles. The van der Waals surface area contributed by atoms with Gasteiger partial charge in [0.15, 0.2) is 12.7 Å². The summed E-state index contributed by atoms with van der Waals surface area (Å²) in [6.07, 6.45) is 1.55. The maximum absolute atomic E-state index is 9.88. The molecular weight excluding hydrogens is 194 g/mol. The molecule has 0 bridgehead atoms. The number of rotatable bonds is 3. The lowest BCUT2D eigenvalue weighted by atomic mass is 10.1. The van der Waals surface area contributed by atoms with Crippen LogP contribution in [0.1, 0.15) is 11.7 Å². The number of nitrogens with zero attached hydrogens (tertiary/aromatic N) is 1. The molecule has 1 atom stereocenters. The molecule has 0 aliphatic carbocycles. The first-order valence-corrected chi connectivity index (χ1v) is 5.45. The lowest BCUT2D eigenvalue weighted by Crippen LogP contribution is -2.33. The zero-order valence-electron chi connectivity index (χ0n) is 7.71. The molecular formula is C11H12NOS+. The third-order valence-electron chi connectivity index (χ3n) is 2.10. The number of aliphatic hydroxyl groups excluding tert-OH is 1. The van der Waals surface area contributed by atoms with Gasteiger partial charge in [0.05, 0.1) is 5.38 Å². The Morgan fingerprint density at radius 3 is 2.71 bits per heavy atom. The maximum Gasteiger partial charge on any atom is 0.224 e. The van der Waals surface area contributed by atoms with Gasteiger partial charge in [0.25, 0.3) is 0 Å². The predicted octanol–water partition coefficient (Wildman–Crippen LogP) is 1.77. The van der Waals surface area contributed by atoms with E-state index in [0.29, 0.717) is 6.54 Å². The molecule has 0 aliphatic rings. The quantitative estimate of drug-likeness (QED) is 0.760. The number of aliphatic hydroxyl groups is 1. The van der Waals surface area contributed by atoms with Gasteiger partial charge in [-0.15, -0.1) is 0 Å². The predicted molar refractivity (Wildman–Crippen MR) is 55.9 cm³/mol. The molecule has 72 valence electrons. The van der Waals surface area contributed by atoms with Crippen molar-refractivity contribution in [3.05, 3.63) is 53.0 Å². The van der Waals surface area contributed by atoms with Gasteiger partial charge >= 0.3 is 0 Å². The number of hydrogen-bond donors (Lipinski definition) is 1. The third kappa shape index (κ3) is 2.19. The summed E-state index contributed by atoms with van der Waals surface area (Å²) in [5.74, 6) is 0. The minimum absolute atomic E-state index is 0.421. The Morgan fingerprint density at radius 1 is 1.29 bits per heavy atom. The van der Waals surface area contributed by atoms with Crippen LogP contribution >= 0.6 is 11.3 Å². The Balaban J connectivity index is 2.07. The lowest BCUT2D eigenvalue weighted by Gasteiger charge is -2.05. The van der Waals surface area contributed by atoms with E-state index in [9.17, 15) is 5.11 Å². The normalized spacial score (nSPS) is 12.6. The number of benzene rings is 1. The van der Waals surface area contributed by atoms with Crippen molar-refractivity contribution in [3.8, 4) is 0 Å². The van der Waals surface area contributed by atoms with E-state index in [1.165, 1.54) is 0 Å². The molecule has 2 nitrogen and oxygen atoms in total. The van der Waals surface area contributed by atoms with Gasteiger partial charge in [-0.2, -0.15) is 4.57 Å². The Bertz CT molecular complexity index is 371. The van der Waals surface area contributed by atoms with E-state index in [4.69, 9.17) is 0 Å². The van der Waals surface area contributed by atoms with Crippen LogP contribution in [0.3, 0.4) is 0 Å². The molecule has 0 spiro atoms. The summed E-state index contributed by atoms with van der Waals surface area (Å²) in [6, 6.07) is 9.72. The highest BCUT2D eigenvalue weighted by Gasteiger charge is 2.12. The smallest absolute Gasteiger partial charge is 0.224 e. The van der Waals surface area contributed by atoms with Crippen LogP contribution in [0.4, 0.5) is 0 Å². The van der Waals surface area contributed by atoms with Crippen LogP contribution in [-0.4, -0.2) is 5.11 Å². The molecule has 0 radical (unpaired) electrons. The number of aromatic nitrogens is 1. The fraction of sp³-hybridized carbons (Fsp3) is 0.182. The minimum atomic E-state index is -0.421. The van der Waals surface area contributed by atoms with Gasteiger partial charge in [0.2, 0.25) is 5.51 Å². The molecule has 0 aliphatic heterocycles. The molecule has 0 saturated heterocycles. The van der Waals surface area contributed by atoms with Gasteiger partial charge in [-0.25, -0.2) is 0 Å². The van der Waals surface area contributed by atoms with E-state index in [2.05, 4.69) is 0 Å². The Hall–Kier alpha value is -1.19. The first kappa shape index (κ1) is 9.37. The second-order valence-electron chi connectivity index (χ2n) is 3.15. The standard InChI is InChI=1S/C11H12NOS/c13-11(8-12-6-7-14-9-12)10-4-2-1-3-5-10/h1-7,9,11,13H,8H2/q+1. The summed E-state index contributed by atoms with van der Waals surface area (Å²) in [5.41, 5.74) is 2.96. The van der Waals surface area contributed by atoms with E-state index in [-0.39, 0.29) is 0 Å². The van der Waals surface area contributed by atoms with Crippen LogP contribution in [-0.2, 0) is 6.54 Å². The summed E-state index contributed by atoms with van der Waals surface area (Å²) in [7, 11) is 0. The van der Waals surface area contributed by atoms with Crippen molar-refractivity contribution in [2.75, 3.05) is 0 Å². The molecule has 0 amide bonds. The van der Waals surface area contributed by atoms with Crippen LogP contribution < -0.4 is 4.57 Å². The fourth-order valence-corrected chi connectivity index (χ4v) is 1.96. The van der Waals surface area contributed by atoms with Gasteiger partial charge in [-0.05, 0) is 5.56 Å². The van der Waals surface area contributed by atoms with Crippen molar-refractivity contribution < 1.29 is 9.67 Å². The van der Waals surface area contributed by atoms with Gasteiger partial charge in [0.1, 0.15) is 6.10 Å². The van der Waals surface area contributed by atoms with Crippen molar-refractivity contribution in [2.45, 2.75) is 12.6 Å². The van der Waals surface area contributed by atoms with Gasteiger partial charge in [-0.1, -0.05) is 41.7 Å². The van der Waals surface area contributed by atoms with E-state index in [1.807, 2.05) is 52.0 Å². The summed E-state index contributed by atoms with van der Waals surface area (Å²) < 4.78 is 1.99. The Kier molecular flexibility index (Phi) is 2.91. The summed E-state index contributed by atoms with van der Waals surface area (Å²) in [4.78, 5) is 0. The van der Waals surface area contributed by atoms with Crippen LogP contribution in [0.25, 0.3) is 0 Å². The monoisotopic (exact) mass is 206 g/mol. The van der Waals surface area contributed by atoms with Gasteiger partial charge in [0, 0.05) is 0 Å². The van der Waals surface area contributed by atoms with E-state index >= 15 is 0 Å².